The molecule has 0 aromatic heterocycles. The van der Waals surface area contributed by atoms with E-state index in [4.69, 9.17) is 0 Å². The zero-order valence-corrected chi connectivity index (χ0v) is 13.7. The number of hydrogen-bond donors (Lipinski definition) is 1. The number of nitrogens with one attached hydrogen (secondary N) is 1. The van der Waals surface area contributed by atoms with E-state index in [9.17, 15) is 8.42 Å². The molecule has 0 heterocycles. The molecule has 0 amide bonds. The highest BCUT2D eigenvalue weighted by Gasteiger charge is 2.19. The Balaban J connectivity index is 2.70. The minimum absolute atomic E-state index is 0.0692. The van der Waals surface area contributed by atoms with Crippen molar-refractivity contribution in [1.82, 2.24) is 9.62 Å². The van der Waals surface area contributed by atoms with Gasteiger partial charge in [0, 0.05) is 20.1 Å². The molecule has 1 atom stereocenters. The Bertz CT molecular complexity index is 497. The van der Waals surface area contributed by atoms with E-state index in [1.807, 2.05) is 31.3 Å². The van der Waals surface area contributed by atoms with Crippen molar-refractivity contribution in [3.05, 3.63) is 35.4 Å². The van der Waals surface area contributed by atoms with Gasteiger partial charge >= 0.3 is 0 Å². The minimum Gasteiger partial charge on any atom is -0.316 e. The van der Waals surface area contributed by atoms with Gasteiger partial charge in [0.25, 0.3) is 0 Å². The molecule has 0 aliphatic carbocycles. The Morgan fingerprint density at radius 3 is 2.25 bits per heavy atom. The molecule has 0 saturated heterocycles. The van der Waals surface area contributed by atoms with Crippen LogP contribution in [0.4, 0.5) is 0 Å². The normalized spacial score (nSPS) is 13.7. The van der Waals surface area contributed by atoms with Crippen LogP contribution in [0.25, 0.3) is 0 Å². The van der Waals surface area contributed by atoms with E-state index in [-0.39, 0.29) is 5.75 Å². The predicted octanol–water partition coefficient (Wildman–Crippen LogP) is 2.21. The molecule has 0 aliphatic heterocycles. The van der Waals surface area contributed by atoms with Crippen molar-refractivity contribution in [1.29, 1.82) is 0 Å². The third-order valence-electron chi connectivity index (χ3n) is 3.49. The van der Waals surface area contributed by atoms with Crippen molar-refractivity contribution < 1.29 is 8.42 Å². The molecular formula is C15H26N2O2S. The molecule has 5 heteroatoms. The lowest BCUT2D eigenvalue weighted by Crippen LogP contribution is -2.32. The zero-order chi connectivity index (χ0) is 15.2. The maximum atomic E-state index is 12.3. The van der Waals surface area contributed by atoms with Crippen molar-refractivity contribution in [2.45, 2.75) is 32.6 Å². The van der Waals surface area contributed by atoms with Gasteiger partial charge in [0.1, 0.15) is 0 Å². The summed E-state index contributed by atoms with van der Waals surface area (Å²) < 4.78 is 26.0. The van der Waals surface area contributed by atoms with Gasteiger partial charge < -0.3 is 5.32 Å². The van der Waals surface area contributed by atoms with Crippen LogP contribution in [0.5, 0.6) is 0 Å². The smallest absolute Gasteiger partial charge is 0.218 e. The maximum absolute atomic E-state index is 12.3. The molecule has 0 saturated carbocycles. The van der Waals surface area contributed by atoms with Crippen LogP contribution >= 0.6 is 0 Å². The second-order valence-corrected chi connectivity index (χ2v) is 7.47. The second kappa shape index (κ2) is 7.76. The van der Waals surface area contributed by atoms with Gasteiger partial charge in [-0.3, -0.25) is 0 Å². The summed E-state index contributed by atoms with van der Waals surface area (Å²) >= 11 is 0. The van der Waals surface area contributed by atoms with E-state index < -0.39 is 10.0 Å². The molecule has 0 aliphatic rings. The molecule has 1 aromatic rings. The first kappa shape index (κ1) is 17.1. The molecule has 114 valence electrons. The van der Waals surface area contributed by atoms with E-state index in [0.29, 0.717) is 12.5 Å². The highest BCUT2D eigenvalue weighted by molar-refractivity contribution is 7.88. The summed E-state index contributed by atoms with van der Waals surface area (Å²) in [6.45, 7) is 5.52. The second-order valence-electron chi connectivity index (χ2n) is 5.40. The number of benzene rings is 1. The van der Waals surface area contributed by atoms with Gasteiger partial charge in [-0.25, -0.2) is 12.7 Å². The summed E-state index contributed by atoms with van der Waals surface area (Å²) in [7, 11) is 0.329. The van der Waals surface area contributed by atoms with Crippen LogP contribution in [0.2, 0.25) is 0 Å². The molecule has 1 rings (SSSR count). The summed E-state index contributed by atoms with van der Waals surface area (Å²) in [5.74, 6) is 0.451. The van der Waals surface area contributed by atoms with Gasteiger partial charge in [-0.2, -0.15) is 0 Å². The number of nitrogens with zero attached hydrogens (tertiary/aromatic N) is 1. The topological polar surface area (TPSA) is 49.4 Å². The average Bonchev–Trinajstić information content (AvgIpc) is 2.40. The number of rotatable bonds is 8. The van der Waals surface area contributed by atoms with Crippen LogP contribution in [0.3, 0.4) is 0 Å². The third kappa shape index (κ3) is 5.23. The van der Waals surface area contributed by atoms with E-state index >= 15 is 0 Å². The van der Waals surface area contributed by atoms with E-state index in [1.54, 1.807) is 7.05 Å². The van der Waals surface area contributed by atoms with Crippen LogP contribution in [-0.2, 0) is 22.3 Å². The van der Waals surface area contributed by atoms with Gasteiger partial charge in [0.05, 0.1) is 5.75 Å². The number of sulfonamides is 1. The van der Waals surface area contributed by atoms with Gasteiger partial charge in [-0.1, -0.05) is 44.5 Å². The quantitative estimate of drug-likeness (QED) is 0.800. The fourth-order valence-corrected chi connectivity index (χ4v) is 3.28. The van der Waals surface area contributed by atoms with Crippen molar-refractivity contribution in [3.8, 4) is 0 Å². The fraction of sp³-hybridized carbons (Fsp3) is 0.600. The lowest BCUT2D eigenvalue weighted by atomic mass is 10.1. The van der Waals surface area contributed by atoms with Crippen LogP contribution in [-0.4, -0.2) is 33.4 Å². The van der Waals surface area contributed by atoms with Crippen molar-refractivity contribution in [2.24, 2.45) is 5.92 Å². The van der Waals surface area contributed by atoms with E-state index in [0.717, 1.165) is 24.1 Å². The lowest BCUT2D eigenvalue weighted by molar-refractivity contribution is 0.393. The third-order valence-corrected chi connectivity index (χ3v) is 5.29. The molecular weight excluding hydrogens is 272 g/mol. The zero-order valence-electron chi connectivity index (χ0n) is 12.9. The predicted molar refractivity (Wildman–Crippen MR) is 83.9 cm³/mol. The largest absolute Gasteiger partial charge is 0.316 e. The monoisotopic (exact) mass is 298 g/mol. The van der Waals surface area contributed by atoms with Crippen LogP contribution < -0.4 is 5.32 Å². The summed E-state index contributed by atoms with van der Waals surface area (Å²) in [6, 6.07) is 7.72. The molecule has 0 spiro atoms. The standard InChI is InChI=1S/C15H26N2O2S/c1-5-13(2)11-17(4)20(18,19)12-15-8-6-14(7-9-15)10-16-3/h6-9,13,16H,5,10-12H2,1-4H3. The maximum Gasteiger partial charge on any atom is 0.218 e. The Kier molecular flexibility index (Phi) is 6.65. The Hall–Kier alpha value is -0.910. The van der Waals surface area contributed by atoms with Crippen LogP contribution in [0.15, 0.2) is 24.3 Å². The van der Waals surface area contributed by atoms with E-state index in [2.05, 4.69) is 19.2 Å². The van der Waals surface area contributed by atoms with Gasteiger partial charge in [-0.05, 0) is 24.1 Å². The van der Waals surface area contributed by atoms with Gasteiger partial charge in [0.2, 0.25) is 10.0 Å². The van der Waals surface area contributed by atoms with Gasteiger partial charge in [0.15, 0.2) is 0 Å². The molecule has 0 radical (unpaired) electrons. The van der Waals surface area contributed by atoms with E-state index in [1.165, 1.54) is 4.31 Å². The molecule has 4 nitrogen and oxygen atoms in total. The highest BCUT2D eigenvalue weighted by Crippen LogP contribution is 2.13. The molecule has 1 aromatic carbocycles. The first-order chi connectivity index (χ1) is 9.39. The highest BCUT2D eigenvalue weighted by atomic mass is 32.2. The molecule has 1 N–H and O–H groups in total. The SMILES string of the molecule is CCC(C)CN(C)S(=O)(=O)Cc1ccc(CNC)cc1. The first-order valence-corrected chi connectivity index (χ1v) is 8.66. The van der Waals surface area contributed by atoms with Crippen LogP contribution in [0, 0.1) is 5.92 Å². The van der Waals surface area contributed by atoms with Crippen molar-refractivity contribution in [3.63, 3.8) is 0 Å². The van der Waals surface area contributed by atoms with Gasteiger partial charge in [-0.15, -0.1) is 0 Å². The summed E-state index contributed by atoms with van der Waals surface area (Å²) in [5, 5.41) is 3.07. The average molecular weight is 298 g/mol. The molecule has 0 fully saturated rings. The summed E-state index contributed by atoms with van der Waals surface area (Å²) in [4.78, 5) is 0. The Morgan fingerprint density at radius 2 is 1.75 bits per heavy atom. The summed E-state index contributed by atoms with van der Waals surface area (Å²) in [5.41, 5.74) is 1.99. The molecule has 1 unspecified atom stereocenters. The van der Waals surface area contributed by atoms with Crippen LogP contribution in [0.1, 0.15) is 31.4 Å². The summed E-state index contributed by atoms with van der Waals surface area (Å²) in [6.07, 6.45) is 0.985. The number of hydrogen-bond acceptors (Lipinski definition) is 3. The first-order valence-electron chi connectivity index (χ1n) is 7.05. The minimum atomic E-state index is -3.23. The van der Waals surface area contributed by atoms with Crippen molar-refractivity contribution in [2.75, 3.05) is 20.6 Å². The molecule has 0 bridgehead atoms. The fourth-order valence-electron chi connectivity index (χ4n) is 1.96. The van der Waals surface area contributed by atoms with Crippen molar-refractivity contribution >= 4 is 10.0 Å². The Morgan fingerprint density at radius 1 is 1.20 bits per heavy atom. The molecule has 20 heavy (non-hydrogen) atoms. The lowest BCUT2D eigenvalue weighted by Gasteiger charge is -2.20. The Labute approximate surface area is 123 Å².